The second-order valence-electron chi connectivity index (χ2n) is 4.58. The van der Waals surface area contributed by atoms with Crippen LogP contribution in [0.1, 0.15) is 25.2 Å². The van der Waals surface area contributed by atoms with Crippen LogP contribution >= 0.6 is 0 Å². The highest BCUT2D eigenvalue weighted by Gasteiger charge is 2.16. The summed E-state index contributed by atoms with van der Waals surface area (Å²) in [4.78, 5) is 0. The lowest BCUT2D eigenvalue weighted by Gasteiger charge is -2.15. The van der Waals surface area contributed by atoms with Crippen molar-refractivity contribution in [3.8, 4) is 0 Å². The fraction of sp³-hybridized carbons (Fsp3) is 0.750. The van der Waals surface area contributed by atoms with E-state index in [4.69, 9.17) is 0 Å². The summed E-state index contributed by atoms with van der Waals surface area (Å²) < 4.78 is 24.6. The van der Waals surface area contributed by atoms with E-state index in [1.165, 1.54) is 6.26 Å². The van der Waals surface area contributed by atoms with Gasteiger partial charge < -0.3 is 5.32 Å². The number of rotatable bonds is 7. The number of hydrogen-bond donors (Lipinski definition) is 1. The third kappa shape index (κ3) is 4.42. The van der Waals surface area contributed by atoms with Crippen molar-refractivity contribution in [1.29, 1.82) is 0 Å². The van der Waals surface area contributed by atoms with Gasteiger partial charge in [-0.15, -0.1) is 0 Å². The van der Waals surface area contributed by atoms with Gasteiger partial charge in [-0.05, 0) is 26.5 Å². The van der Waals surface area contributed by atoms with Gasteiger partial charge in [-0.3, -0.25) is 4.68 Å². The van der Waals surface area contributed by atoms with E-state index < -0.39 is 9.84 Å². The van der Waals surface area contributed by atoms with E-state index in [2.05, 4.69) is 23.4 Å². The predicted octanol–water partition coefficient (Wildman–Crippen LogP) is 0.641. The molecule has 1 heterocycles. The maximum absolute atomic E-state index is 11.3. The molecule has 18 heavy (non-hydrogen) atoms. The molecule has 0 radical (unpaired) electrons. The number of aromatic nitrogens is 2. The molecule has 1 unspecified atom stereocenters. The smallest absolute Gasteiger partial charge is 0.148 e. The SMILES string of the molecule is CCc1cc(CC(CS(C)(=O)=O)NC)n(CC)n1. The minimum Gasteiger partial charge on any atom is -0.316 e. The topological polar surface area (TPSA) is 64.0 Å². The lowest BCUT2D eigenvalue weighted by atomic mass is 10.1. The molecular weight excluding hydrogens is 250 g/mol. The minimum atomic E-state index is -2.97. The Labute approximate surface area is 109 Å². The van der Waals surface area contributed by atoms with Crippen LogP contribution in [-0.4, -0.2) is 43.3 Å². The highest BCUT2D eigenvalue weighted by Crippen LogP contribution is 2.09. The van der Waals surface area contributed by atoms with Gasteiger partial charge in [-0.25, -0.2) is 8.42 Å². The van der Waals surface area contributed by atoms with E-state index in [1.807, 2.05) is 11.6 Å². The Hall–Kier alpha value is -0.880. The van der Waals surface area contributed by atoms with Crippen molar-refractivity contribution in [3.63, 3.8) is 0 Å². The zero-order valence-electron chi connectivity index (χ0n) is 11.6. The molecule has 6 heteroatoms. The van der Waals surface area contributed by atoms with Crippen LogP contribution in [0.3, 0.4) is 0 Å². The molecule has 0 aliphatic rings. The first kappa shape index (κ1) is 15.2. The van der Waals surface area contributed by atoms with Crippen molar-refractivity contribution >= 4 is 9.84 Å². The summed E-state index contributed by atoms with van der Waals surface area (Å²) in [5.74, 6) is 0.153. The molecule has 1 rings (SSSR count). The average molecular weight is 273 g/mol. The van der Waals surface area contributed by atoms with Crippen molar-refractivity contribution in [1.82, 2.24) is 15.1 Å². The van der Waals surface area contributed by atoms with Crippen LogP contribution in [0.15, 0.2) is 6.07 Å². The quantitative estimate of drug-likeness (QED) is 0.792. The van der Waals surface area contributed by atoms with Crippen molar-refractivity contribution in [2.45, 2.75) is 39.3 Å². The summed E-state index contributed by atoms with van der Waals surface area (Å²) in [5.41, 5.74) is 2.15. The van der Waals surface area contributed by atoms with Gasteiger partial charge in [0.05, 0.1) is 11.4 Å². The molecule has 0 aliphatic heterocycles. The second-order valence-corrected chi connectivity index (χ2v) is 6.76. The molecule has 0 aromatic carbocycles. The summed E-state index contributed by atoms with van der Waals surface area (Å²) in [5, 5.41) is 7.54. The van der Waals surface area contributed by atoms with Gasteiger partial charge in [0.1, 0.15) is 9.84 Å². The lowest BCUT2D eigenvalue weighted by Crippen LogP contribution is -2.35. The summed E-state index contributed by atoms with van der Waals surface area (Å²) >= 11 is 0. The zero-order valence-corrected chi connectivity index (χ0v) is 12.4. The Bertz CT molecular complexity index is 480. The summed E-state index contributed by atoms with van der Waals surface area (Å²) in [7, 11) is -1.17. The maximum atomic E-state index is 11.3. The van der Waals surface area contributed by atoms with Crippen LogP contribution in [0.2, 0.25) is 0 Å². The van der Waals surface area contributed by atoms with Crippen LogP contribution in [0.25, 0.3) is 0 Å². The summed E-state index contributed by atoms with van der Waals surface area (Å²) in [6.07, 6.45) is 2.85. The van der Waals surface area contributed by atoms with Crippen LogP contribution in [0.4, 0.5) is 0 Å². The van der Waals surface area contributed by atoms with Gasteiger partial charge in [-0.2, -0.15) is 5.10 Å². The van der Waals surface area contributed by atoms with Crippen molar-refractivity contribution in [2.75, 3.05) is 19.1 Å². The van der Waals surface area contributed by atoms with Crippen LogP contribution in [0, 0.1) is 0 Å². The first-order chi connectivity index (χ1) is 8.39. The third-order valence-electron chi connectivity index (χ3n) is 2.94. The standard InChI is InChI=1S/C12H23N3O2S/c1-5-10-7-12(15(6-2)14-10)8-11(13-3)9-18(4,16)17/h7,11,13H,5-6,8-9H2,1-4H3. The van der Waals surface area contributed by atoms with Gasteiger partial charge in [0.2, 0.25) is 0 Å². The molecule has 0 amide bonds. The fourth-order valence-corrected chi connectivity index (χ4v) is 3.00. The van der Waals surface area contributed by atoms with Crippen LogP contribution in [-0.2, 0) is 29.2 Å². The van der Waals surface area contributed by atoms with Crippen LogP contribution < -0.4 is 5.32 Å². The maximum Gasteiger partial charge on any atom is 0.148 e. The van der Waals surface area contributed by atoms with Gasteiger partial charge in [0.25, 0.3) is 0 Å². The summed E-state index contributed by atoms with van der Waals surface area (Å²) in [6, 6.07) is 2.00. The van der Waals surface area contributed by atoms with Gasteiger partial charge in [0.15, 0.2) is 0 Å². The zero-order chi connectivity index (χ0) is 13.8. The average Bonchev–Trinajstić information content (AvgIpc) is 2.68. The first-order valence-electron chi connectivity index (χ1n) is 6.30. The molecule has 5 nitrogen and oxygen atoms in total. The highest BCUT2D eigenvalue weighted by atomic mass is 32.2. The Balaban J connectivity index is 2.84. The van der Waals surface area contributed by atoms with E-state index in [-0.39, 0.29) is 11.8 Å². The van der Waals surface area contributed by atoms with Gasteiger partial charge in [-0.1, -0.05) is 6.92 Å². The van der Waals surface area contributed by atoms with Crippen molar-refractivity contribution < 1.29 is 8.42 Å². The van der Waals surface area contributed by atoms with Crippen molar-refractivity contribution in [2.24, 2.45) is 0 Å². The van der Waals surface area contributed by atoms with E-state index >= 15 is 0 Å². The first-order valence-corrected chi connectivity index (χ1v) is 8.36. The van der Waals surface area contributed by atoms with Gasteiger partial charge in [0, 0.05) is 31.0 Å². The monoisotopic (exact) mass is 273 g/mol. The molecule has 0 spiro atoms. The molecular formula is C12H23N3O2S. The van der Waals surface area contributed by atoms with Crippen molar-refractivity contribution in [3.05, 3.63) is 17.5 Å². The molecule has 1 aromatic rings. The molecule has 1 atom stereocenters. The largest absolute Gasteiger partial charge is 0.316 e. The Morgan fingerprint density at radius 1 is 1.44 bits per heavy atom. The number of hydrogen-bond acceptors (Lipinski definition) is 4. The van der Waals surface area contributed by atoms with Gasteiger partial charge >= 0.3 is 0 Å². The van der Waals surface area contributed by atoms with Crippen LogP contribution in [0.5, 0.6) is 0 Å². The number of nitrogens with one attached hydrogen (secondary N) is 1. The number of likely N-dealkylation sites (N-methyl/N-ethyl adjacent to an activating group) is 1. The number of nitrogens with zero attached hydrogens (tertiary/aromatic N) is 2. The molecule has 1 N–H and O–H groups in total. The third-order valence-corrected chi connectivity index (χ3v) is 3.95. The van der Waals surface area contributed by atoms with E-state index in [1.54, 1.807) is 7.05 Å². The normalized spacial score (nSPS) is 13.8. The summed E-state index contributed by atoms with van der Waals surface area (Å²) in [6.45, 7) is 4.92. The van der Waals surface area contributed by atoms with E-state index in [0.717, 1.165) is 24.4 Å². The number of sulfone groups is 1. The lowest BCUT2D eigenvalue weighted by molar-refractivity contribution is 0.539. The predicted molar refractivity (Wildman–Crippen MR) is 73.5 cm³/mol. The molecule has 1 aromatic heterocycles. The Morgan fingerprint density at radius 3 is 2.56 bits per heavy atom. The molecule has 0 saturated heterocycles. The Kier molecular flexibility index (Phi) is 5.34. The molecule has 0 bridgehead atoms. The van der Waals surface area contributed by atoms with E-state index in [9.17, 15) is 8.42 Å². The molecule has 0 saturated carbocycles. The highest BCUT2D eigenvalue weighted by molar-refractivity contribution is 7.90. The molecule has 0 aliphatic carbocycles. The minimum absolute atomic E-state index is 0.0632. The molecule has 104 valence electrons. The van der Waals surface area contributed by atoms with E-state index in [0.29, 0.717) is 6.42 Å². The Morgan fingerprint density at radius 2 is 2.11 bits per heavy atom. The fourth-order valence-electron chi connectivity index (χ4n) is 1.99. The number of aryl methyl sites for hydroxylation is 2. The molecule has 0 fully saturated rings. The second kappa shape index (κ2) is 6.33.